The minimum absolute atomic E-state index is 0.198. The highest BCUT2D eigenvalue weighted by molar-refractivity contribution is 5.70. The van der Waals surface area contributed by atoms with Gasteiger partial charge in [0.05, 0.1) is 25.5 Å². The second-order valence-electron chi connectivity index (χ2n) is 7.61. The van der Waals surface area contributed by atoms with Gasteiger partial charge in [-0.3, -0.25) is 0 Å². The Morgan fingerprint density at radius 2 is 2.03 bits per heavy atom. The van der Waals surface area contributed by atoms with E-state index < -0.39 is 12.2 Å². The summed E-state index contributed by atoms with van der Waals surface area (Å²) in [5.74, 6) is 1.66. The number of fused-ring (bicyclic) bond motifs is 1. The van der Waals surface area contributed by atoms with E-state index >= 15 is 0 Å². The zero-order valence-electron chi connectivity index (χ0n) is 18.3. The standard InChI is InChI=1S/C23H25N5O4/c1-4-11-25-23(29)32-20(14-5-6-14)21-26-22-18(30-2)10-9-17(28(22)27-21)15-7-8-16(13-24)19(12-15)31-3/h7-10,12,14,20H,4-6,11H2,1-3H3,(H,25,29). The summed E-state index contributed by atoms with van der Waals surface area (Å²) in [6.07, 6.45) is 1.74. The highest BCUT2D eigenvalue weighted by Gasteiger charge is 2.38. The summed E-state index contributed by atoms with van der Waals surface area (Å²) in [7, 11) is 3.10. The fourth-order valence-electron chi connectivity index (χ4n) is 3.54. The van der Waals surface area contributed by atoms with E-state index in [9.17, 15) is 10.1 Å². The van der Waals surface area contributed by atoms with Gasteiger partial charge in [-0.05, 0) is 43.5 Å². The number of alkyl carbamates (subject to hydrolysis) is 1. The van der Waals surface area contributed by atoms with Crippen LogP contribution in [-0.2, 0) is 4.74 Å². The van der Waals surface area contributed by atoms with Gasteiger partial charge in [0.2, 0.25) is 0 Å². The Morgan fingerprint density at radius 1 is 1.25 bits per heavy atom. The van der Waals surface area contributed by atoms with Crippen molar-refractivity contribution in [1.82, 2.24) is 19.9 Å². The number of nitrogens with one attached hydrogen (secondary N) is 1. The number of methoxy groups -OCH3 is 2. The van der Waals surface area contributed by atoms with E-state index in [1.807, 2.05) is 25.1 Å². The van der Waals surface area contributed by atoms with Crippen LogP contribution in [0.1, 0.15) is 43.7 Å². The lowest BCUT2D eigenvalue weighted by atomic mass is 10.1. The van der Waals surface area contributed by atoms with Crippen molar-refractivity contribution in [2.24, 2.45) is 5.92 Å². The van der Waals surface area contributed by atoms with Gasteiger partial charge in [-0.2, -0.15) is 5.26 Å². The van der Waals surface area contributed by atoms with Gasteiger partial charge in [0, 0.05) is 18.0 Å². The third kappa shape index (κ3) is 4.17. The van der Waals surface area contributed by atoms with Crippen LogP contribution in [0.5, 0.6) is 11.5 Å². The number of hydrogen-bond donors (Lipinski definition) is 1. The molecule has 1 aromatic carbocycles. The second-order valence-corrected chi connectivity index (χ2v) is 7.61. The van der Waals surface area contributed by atoms with Crippen molar-refractivity contribution in [3.8, 4) is 28.8 Å². The molecule has 1 atom stereocenters. The zero-order valence-corrected chi connectivity index (χ0v) is 18.3. The largest absolute Gasteiger partial charge is 0.495 e. The number of rotatable bonds is 8. The molecule has 1 saturated carbocycles. The average Bonchev–Trinajstić information content (AvgIpc) is 3.57. The first kappa shape index (κ1) is 21.4. The highest BCUT2D eigenvalue weighted by Crippen LogP contribution is 2.43. The number of hydrogen-bond acceptors (Lipinski definition) is 7. The quantitative estimate of drug-likeness (QED) is 0.572. The lowest BCUT2D eigenvalue weighted by molar-refractivity contribution is 0.0801. The third-order valence-electron chi connectivity index (χ3n) is 5.36. The Bertz CT molecular complexity index is 1180. The molecule has 1 N–H and O–H groups in total. The number of carbonyl (C=O) groups excluding carboxylic acids is 1. The Hall–Kier alpha value is -3.80. The van der Waals surface area contributed by atoms with E-state index in [1.165, 1.54) is 7.11 Å². The molecule has 9 heteroatoms. The number of pyridine rings is 1. The molecule has 0 aliphatic heterocycles. The summed E-state index contributed by atoms with van der Waals surface area (Å²) < 4.78 is 18.2. The summed E-state index contributed by atoms with van der Waals surface area (Å²) in [4.78, 5) is 16.9. The molecule has 0 spiro atoms. The molecule has 9 nitrogen and oxygen atoms in total. The van der Waals surface area contributed by atoms with Gasteiger partial charge >= 0.3 is 6.09 Å². The maximum atomic E-state index is 12.2. The van der Waals surface area contributed by atoms with Crippen LogP contribution in [0.3, 0.4) is 0 Å². The number of amides is 1. The molecule has 0 bridgehead atoms. The van der Waals surface area contributed by atoms with Crippen molar-refractivity contribution in [2.75, 3.05) is 20.8 Å². The first-order chi connectivity index (χ1) is 15.6. The van der Waals surface area contributed by atoms with Crippen LogP contribution in [0, 0.1) is 17.2 Å². The molecule has 1 unspecified atom stereocenters. The maximum absolute atomic E-state index is 12.2. The topological polar surface area (TPSA) is 111 Å². The molecule has 1 aliphatic rings. The number of benzene rings is 1. The van der Waals surface area contributed by atoms with Crippen LogP contribution in [0.2, 0.25) is 0 Å². The van der Waals surface area contributed by atoms with Gasteiger partial charge in [-0.15, -0.1) is 5.10 Å². The molecule has 1 amide bonds. The molecule has 2 heterocycles. The summed E-state index contributed by atoms with van der Waals surface area (Å²) in [5.41, 5.74) is 2.51. The molecular formula is C23H25N5O4. The first-order valence-electron chi connectivity index (χ1n) is 10.6. The monoisotopic (exact) mass is 435 g/mol. The van der Waals surface area contributed by atoms with Crippen molar-refractivity contribution in [3.63, 3.8) is 0 Å². The van der Waals surface area contributed by atoms with Crippen LogP contribution in [-0.4, -0.2) is 41.5 Å². The first-order valence-corrected chi connectivity index (χ1v) is 10.6. The SMILES string of the molecule is CCCNC(=O)OC(c1nc2c(OC)ccc(-c3ccc(C#N)c(OC)c3)n2n1)C1CC1. The molecule has 32 heavy (non-hydrogen) atoms. The van der Waals surface area contributed by atoms with E-state index in [4.69, 9.17) is 19.3 Å². The second kappa shape index (κ2) is 9.14. The smallest absolute Gasteiger partial charge is 0.407 e. The van der Waals surface area contributed by atoms with Crippen molar-refractivity contribution >= 4 is 11.7 Å². The van der Waals surface area contributed by atoms with Crippen LogP contribution in [0.15, 0.2) is 30.3 Å². The van der Waals surface area contributed by atoms with Gasteiger partial charge in [0.15, 0.2) is 23.3 Å². The molecule has 0 saturated heterocycles. The van der Waals surface area contributed by atoms with Gasteiger partial charge < -0.3 is 19.5 Å². The summed E-state index contributed by atoms with van der Waals surface area (Å²) in [5, 5.41) is 16.7. The molecular weight excluding hydrogens is 410 g/mol. The fraction of sp³-hybridized carbons (Fsp3) is 0.391. The Labute approximate surface area is 185 Å². The molecule has 2 aromatic heterocycles. The van der Waals surface area contributed by atoms with Crippen molar-refractivity contribution in [1.29, 1.82) is 5.26 Å². The van der Waals surface area contributed by atoms with E-state index in [1.54, 1.807) is 23.8 Å². The Balaban J connectivity index is 1.77. The highest BCUT2D eigenvalue weighted by atomic mass is 16.6. The number of nitriles is 1. The number of carbonyl (C=O) groups is 1. The van der Waals surface area contributed by atoms with E-state index in [2.05, 4.69) is 16.4 Å². The van der Waals surface area contributed by atoms with Gasteiger partial charge in [-0.1, -0.05) is 13.0 Å². The van der Waals surface area contributed by atoms with E-state index in [0.717, 1.165) is 30.5 Å². The Morgan fingerprint density at radius 3 is 2.69 bits per heavy atom. The lowest BCUT2D eigenvalue weighted by Crippen LogP contribution is -2.27. The Kier molecular flexibility index (Phi) is 6.12. The van der Waals surface area contributed by atoms with Crippen LogP contribution in [0.4, 0.5) is 4.79 Å². The molecule has 1 fully saturated rings. The van der Waals surface area contributed by atoms with Gasteiger partial charge in [0.1, 0.15) is 11.8 Å². The average molecular weight is 435 g/mol. The lowest BCUT2D eigenvalue weighted by Gasteiger charge is -2.14. The van der Waals surface area contributed by atoms with E-state index in [-0.39, 0.29) is 5.92 Å². The van der Waals surface area contributed by atoms with Crippen molar-refractivity contribution in [2.45, 2.75) is 32.3 Å². The number of nitrogens with zero attached hydrogens (tertiary/aromatic N) is 4. The zero-order chi connectivity index (χ0) is 22.7. The number of ether oxygens (including phenoxy) is 3. The van der Waals surface area contributed by atoms with Gasteiger partial charge in [0.25, 0.3) is 0 Å². The molecule has 3 aromatic rings. The fourth-order valence-corrected chi connectivity index (χ4v) is 3.54. The minimum Gasteiger partial charge on any atom is -0.495 e. The molecule has 1 aliphatic carbocycles. The van der Waals surface area contributed by atoms with Gasteiger partial charge in [-0.25, -0.2) is 14.3 Å². The predicted molar refractivity (Wildman–Crippen MR) is 116 cm³/mol. The summed E-state index contributed by atoms with van der Waals surface area (Å²) >= 11 is 0. The normalized spacial score (nSPS) is 13.9. The minimum atomic E-state index is -0.528. The maximum Gasteiger partial charge on any atom is 0.407 e. The third-order valence-corrected chi connectivity index (χ3v) is 5.36. The van der Waals surface area contributed by atoms with Crippen molar-refractivity contribution < 1.29 is 19.0 Å². The predicted octanol–water partition coefficient (Wildman–Crippen LogP) is 3.87. The molecule has 0 radical (unpaired) electrons. The van der Waals surface area contributed by atoms with Crippen LogP contribution >= 0.6 is 0 Å². The number of aromatic nitrogens is 3. The van der Waals surface area contributed by atoms with E-state index in [0.29, 0.717) is 35.1 Å². The van der Waals surface area contributed by atoms with Crippen molar-refractivity contribution in [3.05, 3.63) is 41.7 Å². The summed E-state index contributed by atoms with van der Waals surface area (Å²) in [6, 6.07) is 11.1. The molecule has 4 rings (SSSR count). The van der Waals surface area contributed by atoms with Crippen LogP contribution in [0.25, 0.3) is 16.9 Å². The molecule has 166 valence electrons. The van der Waals surface area contributed by atoms with Crippen LogP contribution < -0.4 is 14.8 Å². The summed E-state index contributed by atoms with van der Waals surface area (Å²) in [6.45, 7) is 2.53.